The van der Waals surface area contributed by atoms with E-state index in [9.17, 15) is 4.79 Å². The van der Waals surface area contributed by atoms with Crippen molar-refractivity contribution in [3.05, 3.63) is 57.9 Å². The molecule has 110 valence electrons. The summed E-state index contributed by atoms with van der Waals surface area (Å²) in [5, 5.41) is 8.77. The Kier molecular flexibility index (Phi) is 4.98. The summed E-state index contributed by atoms with van der Waals surface area (Å²) in [6.07, 6.45) is 1.49. The molecule has 2 rings (SSSR count). The highest BCUT2D eigenvalue weighted by molar-refractivity contribution is 6.42. The first kappa shape index (κ1) is 15.5. The fraction of sp³-hybridized carbons (Fsp3) is 0.214. The molecular formula is C14H13Cl2N3O2. The lowest BCUT2D eigenvalue weighted by molar-refractivity contribution is 0.0542. The Bertz CT molecular complexity index is 683. The molecule has 2 aromatic rings. The van der Waals surface area contributed by atoms with Gasteiger partial charge in [0.2, 0.25) is 0 Å². The second-order valence-electron chi connectivity index (χ2n) is 4.32. The van der Waals surface area contributed by atoms with Crippen molar-refractivity contribution in [3.8, 4) is 0 Å². The maximum absolute atomic E-state index is 11.8. The van der Waals surface area contributed by atoms with E-state index in [-0.39, 0.29) is 12.3 Å². The molecule has 0 aliphatic rings. The number of hydrogen-bond acceptors (Lipinski definition) is 4. The number of benzene rings is 1. The van der Waals surface area contributed by atoms with Crippen LogP contribution >= 0.6 is 23.2 Å². The molecule has 5 nitrogen and oxygen atoms in total. The summed E-state index contributed by atoms with van der Waals surface area (Å²) in [6, 6.07) is 5.30. The second-order valence-corrected chi connectivity index (χ2v) is 5.13. The van der Waals surface area contributed by atoms with E-state index in [2.05, 4.69) is 16.9 Å². The smallest absolute Gasteiger partial charge is 0.361 e. The number of aromatic nitrogens is 3. The summed E-state index contributed by atoms with van der Waals surface area (Å²) < 4.78 is 6.55. The van der Waals surface area contributed by atoms with Crippen molar-refractivity contribution >= 4 is 29.2 Å². The molecule has 0 spiro atoms. The van der Waals surface area contributed by atoms with Gasteiger partial charge in [-0.2, -0.15) is 0 Å². The van der Waals surface area contributed by atoms with Crippen LogP contribution in [0.5, 0.6) is 0 Å². The van der Waals surface area contributed by atoms with Crippen LogP contribution < -0.4 is 0 Å². The van der Waals surface area contributed by atoms with Crippen molar-refractivity contribution in [2.45, 2.75) is 13.5 Å². The normalized spacial score (nSPS) is 10.4. The zero-order valence-electron chi connectivity index (χ0n) is 11.3. The van der Waals surface area contributed by atoms with Gasteiger partial charge in [0.25, 0.3) is 0 Å². The average Bonchev–Trinajstić information content (AvgIpc) is 2.82. The fourth-order valence-electron chi connectivity index (χ4n) is 1.71. The zero-order chi connectivity index (χ0) is 15.4. The van der Waals surface area contributed by atoms with Crippen LogP contribution in [0.4, 0.5) is 0 Å². The Labute approximate surface area is 132 Å². The van der Waals surface area contributed by atoms with Gasteiger partial charge in [-0.1, -0.05) is 47.1 Å². The number of carbonyl (C=O) groups is 1. The standard InChI is InChI=1S/C14H13Cl2N3O2/c1-3-6-21-14(20)13-9(2)19(18-17-13)8-10-4-5-11(15)12(16)7-10/h3-5,7H,1,6,8H2,2H3. The lowest BCUT2D eigenvalue weighted by Crippen LogP contribution is -2.09. The third-order valence-electron chi connectivity index (χ3n) is 2.82. The van der Waals surface area contributed by atoms with Crippen LogP contribution in [0.1, 0.15) is 21.7 Å². The van der Waals surface area contributed by atoms with Crippen molar-refractivity contribution in [3.63, 3.8) is 0 Å². The molecule has 0 radical (unpaired) electrons. The van der Waals surface area contributed by atoms with Crippen LogP contribution in [-0.4, -0.2) is 27.6 Å². The van der Waals surface area contributed by atoms with Crippen LogP contribution in [0.15, 0.2) is 30.9 Å². The summed E-state index contributed by atoms with van der Waals surface area (Å²) in [6.45, 7) is 5.81. The highest BCUT2D eigenvalue weighted by atomic mass is 35.5. The molecule has 21 heavy (non-hydrogen) atoms. The van der Waals surface area contributed by atoms with Gasteiger partial charge in [0.05, 0.1) is 22.3 Å². The quantitative estimate of drug-likeness (QED) is 0.625. The topological polar surface area (TPSA) is 57.0 Å². The van der Waals surface area contributed by atoms with Crippen LogP contribution in [0, 0.1) is 6.92 Å². The molecule has 0 saturated heterocycles. The molecule has 7 heteroatoms. The zero-order valence-corrected chi connectivity index (χ0v) is 12.9. The largest absolute Gasteiger partial charge is 0.457 e. The number of nitrogens with zero attached hydrogens (tertiary/aromatic N) is 3. The van der Waals surface area contributed by atoms with Crippen molar-refractivity contribution in [2.24, 2.45) is 0 Å². The van der Waals surface area contributed by atoms with E-state index in [0.29, 0.717) is 22.3 Å². The predicted octanol–water partition coefficient (Wildman–Crippen LogP) is 3.28. The van der Waals surface area contributed by atoms with Gasteiger partial charge in [-0.25, -0.2) is 9.48 Å². The van der Waals surface area contributed by atoms with Gasteiger partial charge in [-0.3, -0.25) is 0 Å². The van der Waals surface area contributed by atoms with Crippen molar-refractivity contribution in [2.75, 3.05) is 6.61 Å². The Morgan fingerprint density at radius 2 is 2.19 bits per heavy atom. The van der Waals surface area contributed by atoms with E-state index in [1.54, 1.807) is 23.7 Å². The first-order valence-corrected chi connectivity index (χ1v) is 6.90. The van der Waals surface area contributed by atoms with Gasteiger partial charge in [-0.05, 0) is 24.6 Å². The summed E-state index contributed by atoms with van der Waals surface area (Å²) in [4.78, 5) is 11.8. The van der Waals surface area contributed by atoms with E-state index in [4.69, 9.17) is 27.9 Å². The van der Waals surface area contributed by atoms with E-state index < -0.39 is 5.97 Å². The van der Waals surface area contributed by atoms with Gasteiger partial charge in [0.1, 0.15) is 6.61 Å². The molecule has 0 amide bonds. The number of halogens is 2. The summed E-state index contributed by atoms with van der Waals surface area (Å²) in [5.74, 6) is -0.521. The molecule has 0 aliphatic carbocycles. The molecule has 0 fully saturated rings. The molecular weight excluding hydrogens is 313 g/mol. The molecule has 1 aromatic heterocycles. The highest BCUT2D eigenvalue weighted by Gasteiger charge is 2.17. The van der Waals surface area contributed by atoms with Gasteiger partial charge in [0, 0.05) is 0 Å². The van der Waals surface area contributed by atoms with Gasteiger partial charge >= 0.3 is 5.97 Å². The molecule has 0 aliphatic heterocycles. The maximum atomic E-state index is 11.8. The minimum absolute atomic E-state index is 0.137. The van der Waals surface area contributed by atoms with Crippen molar-refractivity contribution < 1.29 is 9.53 Å². The molecule has 0 bridgehead atoms. The van der Waals surface area contributed by atoms with Crippen LogP contribution in [0.25, 0.3) is 0 Å². The predicted molar refractivity (Wildman–Crippen MR) is 80.8 cm³/mol. The second kappa shape index (κ2) is 6.74. The number of hydrogen-bond donors (Lipinski definition) is 0. The van der Waals surface area contributed by atoms with E-state index >= 15 is 0 Å². The lowest BCUT2D eigenvalue weighted by atomic mass is 10.2. The first-order valence-electron chi connectivity index (χ1n) is 6.15. The lowest BCUT2D eigenvalue weighted by Gasteiger charge is -2.05. The maximum Gasteiger partial charge on any atom is 0.361 e. The van der Waals surface area contributed by atoms with Crippen molar-refractivity contribution in [1.29, 1.82) is 0 Å². The molecule has 0 atom stereocenters. The molecule has 1 heterocycles. The average molecular weight is 326 g/mol. The Balaban J connectivity index is 2.18. The Hall–Kier alpha value is -1.85. The van der Waals surface area contributed by atoms with Gasteiger partial charge < -0.3 is 4.74 Å². The number of carbonyl (C=O) groups excluding carboxylic acids is 1. The van der Waals surface area contributed by atoms with Gasteiger partial charge in [0.15, 0.2) is 5.69 Å². The summed E-state index contributed by atoms with van der Waals surface area (Å²) in [7, 11) is 0. The third-order valence-corrected chi connectivity index (χ3v) is 3.56. The number of esters is 1. The first-order chi connectivity index (χ1) is 10.0. The molecule has 0 saturated carbocycles. The van der Waals surface area contributed by atoms with Gasteiger partial charge in [-0.15, -0.1) is 5.10 Å². The molecule has 1 aromatic carbocycles. The third kappa shape index (κ3) is 3.62. The van der Waals surface area contributed by atoms with Crippen LogP contribution in [0.2, 0.25) is 10.0 Å². The molecule has 0 unspecified atom stereocenters. The van der Waals surface area contributed by atoms with E-state index in [0.717, 1.165) is 5.56 Å². The Morgan fingerprint density at radius 3 is 2.86 bits per heavy atom. The monoisotopic (exact) mass is 325 g/mol. The molecule has 0 N–H and O–H groups in total. The summed E-state index contributed by atoms with van der Waals surface area (Å²) in [5.41, 5.74) is 1.72. The SMILES string of the molecule is C=CCOC(=O)c1nnn(Cc2ccc(Cl)c(Cl)c2)c1C. The highest BCUT2D eigenvalue weighted by Crippen LogP contribution is 2.23. The summed E-state index contributed by atoms with van der Waals surface area (Å²) >= 11 is 11.8. The minimum Gasteiger partial charge on any atom is -0.457 e. The Morgan fingerprint density at radius 1 is 1.43 bits per heavy atom. The van der Waals surface area contributed by atoms with E-state index in [1.165, 1.54) is 6.08 Å². The van der Waals surface area contributed by atoms with Crippen LogP contribution in [0.3, 0.4) is 0 Å². The van der Waals surface area contributed by atoms with Crippen molar-refractivity contribution in [1.82, 2.24) is 15.0 Å². The number of rotatable bonds is 5. The van der Waals surface area contributed by atoms with Crippen LogP contribution in [-0.2, 0) is 11.3 Å². The van der Waals surface area contributed by atoms with E-state index in [1.807, 2.05) is 6.07 Å². The minimum atomic E-state index is -0.521. The fourth-order valence-corrected chi connectivity index (χ4v) is 2.03. The number of ether oxygens (including phenoxy) is 1.